The van der Waals surface area contributed by atoms with E-state index in [1.165, 1.54) is 24.3 Å². The molecule has 2 amide bonds. The molecule has 0 saturated carbocycles. The van der Waals surface area contributed by atoms with E-state index in [9.17, 15) is 45.8 Å². The van der Waals surface area contributed by atoms with Gasteiger partial charge in [0, 0.05) is 17.5 Å². The molecule has 1 heterocycles. The van der Waals surface area contributed by atoms with Crippen LogP contribution in [-0.2, 0) is 46.0 Å². The molecule has 0 radical (unpaired) electrons. The Balaban J connectivity index is 1.60. The van der Waals surface area contributed by atoms with Crippen molar-refractivity contribution in [1.82, 2.24) is 15.6 Å². The fraction of sp³-hybridized carbons (Fsp3) is 0.414. The summed E-state index contributed by atoms with van der Waals surface area (Å²) in [5.41, 5.74) is -3.48. The van der Waals surface area contributed by atoms with Gasteiger partial charge in [0.05, 0.1) is 23.1 Å². The number of rotatable bonds is 8. The summed E-state index contributed by atoms with van der Waals surface area (Å²) in [5, 5.41) is 15.4. The lowest BCUT2D eigenvalue weighted by atomic mass is 9.79. The molecule has 0 saturated heterocycles. The minimum Gasteiger partial charge on any atom is -0.479 e. The number of carboxylic acids is 1. The van der Waals surface area contributed by atoms with Crippen LogP contribution in [-0.4, -0.2) is 39.5 Å². The smallest absolute Gasteiger partial charge is 0.418 e. The summed E-state index contributed by atoms with van der Waals surface area (Å²) in [6, 6.07) is 6.86. The number of aliphatic carboxylic acids is 1. The summed E-state index contributed by atoms with van der Waals surface area (Å²) in [7, 11) is 0. The number of benzene rings is 2. The molecule has 4 N–H and O–H groups in total. The molecule has 1 unspecified atom stereocenters. The highest BCUT2D eigenvalue weighted by molar-refractivity contribution is 5.95. The van der Waals surface area contributed by atoms with Gasteiger partial charge in [-0.25, -0.2) is 4.79 Å². The first-order valence-corrected chi connectivity index (χ1v) is 13.3. The maximum atomic E-state index is 13.6. The Morgan fingerprint density at radius 2 is 1.64 bits per heavy atom. The number of carboxylic acid groups (broad SMARTS) is 1. The van der Waals surface area contributed by atoms with Crippen molar-refractivity contribution in [2.75, 3.05) is 0 Å². The van der Waals surface area contributed by atoms with E-state index in [1.54, 1.807) is 13.8 Å². The first-order valence-electron chi connectivity index (χ1n) is 13.3. The lowest BCUT2D eigenvalue weighted by molar-refractivity contribution is -0.149. The van der Waals surface area contributed by atoms with Crippen LogP contribution in [0.2, 0.25) is 0 Å². The number of halogens is 6. The number of H-pyrrole nitrogens is 1. The summed E-state index contributed by atoms with van der Waals surface area (Å²) < 4.78 is 81.0. The number of hydrogen-bond donors (Lipinski definition) is 4. The summed E-state index contributed by atoms with van der Waals surface area (Å²) >= 11 is 0. The second-order valence-electron chi connectivity index (χ2n) is 10.6. The number of amides is 2. The van der Waals surface area contributed by atoms with Gasteiger partial charge in [0.25, 0.3) is 0 Å². The Kier molecular flexibility index (Phi) is 8.34. The highest BCUT2D eigenvalue weighted by atomic mass is 19.4. The maximum Gasteiger partial charge on any atom is 0.418 e. The van der Waals surface area contributed by atoms with E-state index in [2.05, 4.69) is 15.6 Å². The minimum absolute atomic E-state index is 0.0302. The van der Waals surface area contributed by atoms with E-state index >= 15 is 0 Å². The molecule has 0 bridgehead atoms. The van der Waals surface area contributed by atoms with Crippen molar-refractivity contribution in [3.63, 3.8) is 0 Å². The molecule has 0 spiro atoms. The average Bonchev–Trinajstić information content (AvgIpc) is 3.28. The highest BCUT2D eigenvalue weighted by Gasteiger charge is 2.46. The summed E-state index contributed by atoms with van der Waals surface area (Å²) in [6.07, 6.45) is -10.1. The fourth-order valence-electron chi connectivity index (χ4n) is 5.41. The topological polar surface area (TPSA) is 111 Å². The molecule has 1 aromatic heterocycles. The maximum absolute atomic E-state index is 13.6. The second-order valence-corrected chi connectivity index (χ2v) is 10.6. The third-order valence-electron chi connectivity index (χ3n) is 7.87. The van der Waals surface area contributed by atoms with E-state index in [1.807, 2.05) is 0 Å². The van der Waals surface area contributed by atoms with E-state index in [0.717, 1.165) is 18.2 Å². The van der Waals surface area contributed by atoms with Gasteiger partial charge in [0.15, 0.2) is 0 Å². The molecule has 2 aromatic carbocycles. The first kappa shape index (κ1) is 30.9. The number of para-hydroxylation sites is 1. The van der Waals surface area contributed by atoms with Crippen LogP contribution >= 0.6 is 0 Å². The number of carbonyl (C=O) groups is 3. The van der Waals surface area contributed by atoms with Gasteiger partial charge in [-0.1, -0.05) is 50.6 Å². The van der Waals surface area contributed by atoms with Gasteiger partial charge in [-0.15, -0.1) is 0 Å². The van der Waals surface area contributed by atoms with Gasteiger partial charge >= 0.3 is 18.3 Å². The van der Waals surface area contributed by atoms with Crippen molar-refractivity contribution >= 4 is 28.7 Å². The number of carbonyl (C=O) groups excluding carboxylic acids is 2. The molecule has 0 aliphatic heterocycles. The zero-order valence-corrected chi connectivity index (χ0v) is 22.7. The fourth-order valence-corrected chi connectivity index (χ4v) is 5.41. The van der Waals surface area contributed by atoms with Gasteiger partial charge in [-0.3, -0.25) is 9.59 Å². The van der Waals surface area contributed by atoms with Crippen LogP contribution < -0.4 is 10.6 Å². The lowest BCUT2D eigenvalue weighted by Crippen LogP contribution is -2.62. The SMILES string of the molecule is CCC(C)[C@H](NC(=O)Cc1ccccc1C(F)(F)F)C(=O)N[C@]1(C(=O)O)CCc2[nH]c3c(C(F)(F)F)cccc3c2C1. The molecule has 3 aromatic rings. The third-order valence-corrected chi connectivity index (χ3v) is 7.87. The minimum atomic E-state index is -4.69. The number of nitrogens with one attached hydrogen (secondary N) is 3. The molecule has 0 fully saturated rings. The van der Waals surface area contributed by atoms with Crippen LogP contribution in [0, 0.1) is 5.92 Å². The molecular formula is C29H29F6N3O4. The lowest BCUT2D eigenvalue weighted by Gasteiger charge is -2.36. The molecule has 42 heavy (non-hydrogen) atoms. The van der Waals surface area contributed by atoms with Gasteiger partial charge in [-0.05, 0) is 42.0 Å². The number of aryl methyl sites for hydroxylation is 1. The van der Waals surface area contributed by atoms with Crippen molar-refractivity contribution in [1.29, 1.82) is 0 Å². The Morgan fingerprint density at radius 3 is 2.26 bits per heavy atom. The average molecular weight is 598 g/mol. The summed E-state index contributed by atoms with van der Waals surface area (Å²) in [4.78, 5) is 41.7. The Bertz CT molecular complexity index is 1510. The van der Waals surface area contributed by atoms with E-state index in [-0.39, 0.29) is 35.7 Å². The van der Waals surface area contributed by atoms with Gasteiger partial charge in [-0.2, -0.15) is 26.3 Å². The predicted octanol–water partition coefficient (Wildman–Crippen LogP) is 5.41. The largest absolute Gasteiger partial charge is 0.479 e. The number of alkyl halides is 6. The van der Waals surface area contributed by atoms with E-state index in [0.29, 0.717) is 17.7 Å². The quantitative estimate of drug-likeness (QED) is 0.261. The first-order chi connectivity index (χ1) is 19.6. The number of aromatic nitrogens is 1. The molecule has 7 nitrogen and oxygen atoms in total. The number of aromatic amines is 1. The summed E-state index contributed by atoms with van der Waals surface area (Å²) in [5.74, 6) is -3.65. The van der Waals surface area contributed by atoms with Gasteiger partial charge in [0.2, 0.25) is 11.8 Å². The molecule has 13 heteroatoms. The van der Waals surface area contributed by atoms with Crippen LogP contribution in [0.25, 0.3) is 10.9 Å². The van der Waals surface area contributed by atoms with Crippen molar-refractivity contribution in [2.24, 2.45) is 5.92 Å². The van der Waals surface area contributed by atoms with Crippen molar-refractivity contribution in [3.05, 3.63) is 70.4 Å². The van der Waals surface area contributed by atoms with Crippen LogP contribution in [0.1, 0.15) is 54.6 Å². The highest BCUT2D eigenvalue weighted by Crippen LogP contribution is 2.40. The molecular weight excluding hydrogens is 568 g/mol. The van der Waals surface area contributed by atoms with Crippen LogP contribution in [0.5, 0.6) is 0 Å². The van der Waals surface area contributed by atoms with E-state index in [4.69, 9.17) is 0 Å². The molecule has 226 valence electrons. The number of fused-ring (bicyclic) bond motifs is 3. The molecule has 1 aliphatic rings. The standard InChI is InChI=1S/C29H29F6N3O4/c1-3-15(2)23(37-22(39)13-16-7-4-5-9-19(16)28(30,31)32)25(40)38-27(26(41)42)12-11-21-18(14-27)17-8-6-10-20(24(17)36-21)29(33,34)35/h4-10,15,23,36H,3,11-14H2,1-2H3,(H,37,39)(H,38,40)(H,41,42)/t15?,23-,27+/m0/s1. The Morgan fingerprint density at radius 1 is 1.00 bits per heavy atom. The monoisotopic (exact) mass is 597 g/mol. The molecule has 3 atom stereocenters. The summed E-state index contributed by atoms with van der Waals surface area (Å²) in [6.45, 7) is 3.35. The Labute approximate surface area is 236 Å². The molecule has 4 rings (SSSR count). The zero-order valence-electron chi connectivity index (χ0n) is 22.7. The number of hydrogen-bond acceptors (Lipinski definition) is 3. The zero-order chi connectivity index (χ0) is 31.0. The van der Waals surface area contributed by atoms with Crippen molar-refractivity contribution in [3.8, 4) is 0 Å². The molecule has 1 aliphatic carbocycles. The third kappa shape index (κ3) is 6.09. The second kappa shape index (κ2) is 11.3. The normalized spacial score (nSPS) is 18.7. The van der Waals surface area contributed by atoms with Gasteiger partial charge in [0.1, 0.15) is 11.6 Å². The van der Waals surface area contributed by atoms with Crippen LogP contribution in [0.15, 0.2) is 42.5 Å². The van der Waals surface area contributed by atoms with Crippen molar-refractivity contribution in [2.45, 2.75) is 69.9 Å². The van der Waals surface area contributed by atoms with E-state index < -0.39 is 65.2 Å². The van der Waals surface area contributed by atoms with Crippen LogP contribution in [0.4, 0.5) is 26.3 Å². The Hall–Kier alpha value is -4.03. The van der Waals surface area contributed by atoms with Crippen molar-refractivity contribution < 1.29 is 45.8 Å². The predicted molar refractivity (Wildman–Crippen MR) is 140 cm³/mol. The van der Waals surface area contributed by atoms with Crippen LogP contribution in [0.3, 0.4) is 0 Å². The van der Waals surface area contributed by atoms with Gasteiger partial charge < -0.3 is 20.7 Å².